The van der Waals surface area contributed by atoms with Gasteiger partial charge in [-0.3, -0.25) is 4.79 Å². The maximum absolute atomic E-state index is 12.5. The van der Waals surface area contributed by atoms with Crippen LogP contribution in [0.25, 0.3) is 0 Å². The minimum absolute atomic E-state index is 0.0982. The SMILES string of the molecule is CCC(NC(=O)c1cc(Cl)c(N)cc1OC)C1CCCN1. The molecule has 5 nitrogen and oxygen atoms in total. The fraction of sp³-hybridized carbons (Fsp3) is 0.533. The minimum atomic E-state index is -0.186. The second-order valence-corrected chi connectivity index (χ2v) is 5.67. The van der Waals surface area contributed by atoms with Crippen molar-refractivity contribution < 1.29 is 9.53 Å². The van der Waals surface area contributed by atoms with E-state index in [1.165, 1.54) is 7.11 Å². The molecule has 1 aromatic carbocycles. The standard InChI is InChI=1S/C15H22ClN3O2/c1-3-12(13-5-4-6-18-13)19-15(20)9-7-10(16)11(17)8-14(9)21-2/h7-8,12-13,18H,3-6,17H2,1-2H3,(H,19,20). The van der Waals surface area contributed by atoms with Gasteiger partial charge in [-0.1, -0.05) is 18.5 Å². The highest BCUT2D eigenvalue weighted by Gasteiger charge is 2.26. The molecular formula is C15H22ClN3O2. The number of benzene rings is 1. The number of hydrogen-bond donors (Lipinski definition) is 3. The first-order chi connectivity index (χ1) is 10.1. The van der Waals surface area contributed by atoms with Gasteiger partial charge < -0.3 is 21.1 Å². The molecule has 1 aliphatic rings. The van der Waals surface area contributed by atoms with E-state index in [-0.39, 0.29) is 11.9 Å². The number of amides is 1. The lowest BCUT2D eigenvalue weighted by Gasteiger charge is -2.24. The van der Waals surface area contributed by atoms with Gasteiger partial charge in [-0.2, -0.15) is 0 Å². The number of carbonyl (C=O) groups excluding carboxylic acids is 1. The van der Waals surface area contributed by atoms with E-state index in [1.54, 1.807) is 12.1 Å². The van der Waals surface area contributed by atoms with Gasteiger partial charge in [0.15, 0.2) is 0 Å². The summed E-state index contributed by atoms with van der Waals surface area (Å²) >= 11 is 6.01. The summed E-state index contributed by atoms with van der Waals surface area (Å²) < 4.78 is 5.23. The van der Waals surface area contributed by atoms with Crippen LogP contribution in [0.4, 0.5) is 5.69 Å². The Morgan fingerprint density at radius 3 is 2.95 bits per heavy atom. The van der Waals surface area contributed by atoms with Crippen LogP contribution in [-0.4, -0.2) is 31.6 Å². The van der Waals surface area contributed by atoms with Gasteiger partial charge in [0, 0.05) is 18.2 Å². The van der Waals surface area contributed by atoms with Crippen molar-refractivity contribution in [3.8, 4) is 5.75 Å². The largest absolute Gasteiger partial charge is 0.496 e. The Kier molecular flexibility index (Phi) is 5.31. The molecule has 1 amide bonds. The number of nitrogen functional groups attached to an aromatic ring is 1. The normalized spacial score (nSPS) is 19.3. The van der Waals surface area contributed by atoms with Gasteiger partial charge in [-0.25, -0.2) is 0 Å². The lowest BCUT2D eigenvalue weighted by molar-refractivity contribution is 0.0924. The molecular weight excluding hydrogens is 290 g/mol. The molecule has 0 bridgehead atoms. The smallest absolute Gasteiger partial charge is 0.255 e. The van der Waals surface area contributed by atoms with E-state index >= 15 is 0 Å². The Hall–Kier alpha value is -1.46. The molecule has 0 saturated carbocycles. The zero-order chi connectivity index (χ0) is 15.4. The van der Waals surface area contributed by atoms with Crippen LogP contribution in [-0.2, 0) is 0 Å². The van der Waals surface area contributed by atoms with E-state index in [9.17, 15) is 4.79 Å². The van der Waals surface area contributed by atoms with Gasteiger partial charge in [0.2, 0.25) is 0 Å². The highest BCUT2D eigenvalue weighted by atomic mass is 35.5. The maximum Gasteiger partial charge on any atom is 0.255 e. The van der Waals surface area contributed by atoms with Crippen LogP contribution in [0.2, 0.25) is 5.02 Å². The van der Waals surface area contributed by atoms with E-state index in [0.717, 1.165) is 25.8 Å². The predicted octanol–water partition coefficient (Wildman–Crippen LogP) is 2.19. The molecule has 116 valence electrons. The molecule has 1 saturated heterocycles. The van der Waals surface area contributed by atoms with Crippen LogP contribution in [0.3, 0.4) is 0 Å². The van der Waals surface area contributed by atoms with Crippen LogP contribution in [0, 0.1) is 0 Å². The van der Waals surface area contributed by atoms with Crippen LogP contribution < -0.4 is 21.1 Å². The summed E-state index contributed by atoms with van der Waals surface area (Å²) in [5, 5.41) is 6.84. The van der Waals surface area contributed by atoms with Gasteiger partial charge in [0.25, 0.3) is 5.91 Å². The van der Waals surface area contributed by atoms with Crippen molar-refractivity contribution in [2.24, 2.45) is 0 Å². The van der Waals surface area contributed by atoms with Gasteiger partial charge in [-0.05, 0) is 31.9 Å². The summed E-state index contributed by atoms with van der Waals surface area (Å²) in [5.41, 5.74) is 6.55. The fourth-order valence-corrected chi connectivity index (χ4v) is 2.87. The third-order valence-electron chi connectivity index (χ3n) is 3.90. The van der Waals surface area contributed by atoms with Crippen molar-refractivity contribution in [1.29, 1.82) is 0 Å². The number of anilines is 1. The predicted molar refractivity (Wildman–Crippen MR) is 85.0 cm³/mol. The zero-order valence-corrected chi connectivity index (χ0v) is 13.2. The Morgan fingerprint density at radius 1 is 1.62 bits per heavy atom. The quantitative estimate of drug-likeness (QED) is 0.729. The van der Waals surface area contributed by atoms with Crippen LogP contribution >= 0.6 is 11.6 Å². The molecule has 1 fully saturated rings. The van der Waals surface area contributed by atoms with Gasteiger partial charge >= 0.3 is 0 Å². The molecule has 1 aromatic rings. The summed E-state index contributed by atoms with van der Waals surface area (Å²) in [6.07, 6.45) is 3.10. The third-order valence-corrected chi connectivity index (χ3v) is 4.23. The van der Waals surface area contributed by atoms with Crippen molar-refractivity contribution in [1.82, 2.24) is 10.6 Å². The molecule has 0 aliphatic carbocycles. The summed E-state index contributed by atoms with van der Waals surface area (Å²) in [5.74, 6) is 0.248. The first kappa shape index (κ1) is 15.9. The maximum atomic E-state index is 12.5. The number of rotatable bonds is 5. The summed E-state index contributed by atoms with van der Waals surface area (Å²) in [6, 6.07) is 3.56. The van der Waals surface area contributed by atoms with E-state index in [2.05, 4.69) is 17.6 Å². The Labute approximate surface area is 130 Å². The first-order valence-electron chi connectivity index (χ1n) is 7.24. The minimum Gasteiger partial charge on any atom is -0.496 e. The lowest BCUT2D eigenvalue weighted by atomic mass is 10.0. The molecule has 21 heavy (non-hydrogen) atoms. The molecule has 1 heterocycles. The van der Waals surface area contributed by atoms with Gasteiger partial charge in [-0.15, -0.1) is 0 Å². The number of carbonyl (C=O) groups is 1. The molecule has 0 radical (unpaired) electrons. The van der Waals surface area contributed by atoms with E-state index in [1.807, 2.05) is 0 Å². The fourth-order valence-electron chi connectivity index (χ4n) is 2.70. The number of nitrogens with two attached hydrogens (primary N) is 1. The Morgan fingerprint density at radius 2 is 2.38 bits per heavy atom. The van der Waals surface area contributed by atoms with Crippen molar-refractivity contribution in [3.05, 3.63) is 22.7 Å². The topological polar surface area (TPSA) is 76.4 Å². The van der Waals surface area contributed by atoms with Gasteiger partial charge in [0.1, 0.15) is 5.75 Å². The summed E-state index contributed by atoms with van der Waals surface area (Å²) in [7, 11) is 1.51. The number of methoxy groups -OCH3 is 1. The molecule has 4 N–H and O–H groups in total. The van der Waals surface area contributed by atoms with Crippen LogP contribution in [0.1, 0.15) is 36.5 Å². The Balaban J connectivity index is 2.17. The first-order valence-corrected chi connectivity index (χ1v) is 7.61. The van der Waals surface area contributed by atoms with Crippen molar-refractivity contribution in [2.45, 2.75) is 38.3 Å². The molecule has 1 aliphatic heterocycles. The van der Waals surface area contributed by atoms with E-state index < -0.39 is 0 Å². The number of hydrogen-bond acceptors (Lipinski definition) is 4. The average molecular weight is 312 g/mol. The van der Waals surface area contributed by atoms with Crippen LogP contribution in [0.5, 0.6) is 5.75 Å². The summed E-state index contributed by atoms with van der Waals surface area (Å²) in [4.78, 5) is 12.5. The molecule has 2 atom stereocenters. The second-order valence-electron chi connectivity index (χ2n) is 5.27. The lowest BCUT2D eigenvalue weighted by Crippen LogP contribution is -2.47. The van der Waals surface area contributed by atoms with E-state index in [4.69, 9.17) is 22.1 Å². The number of nitrogens with one attached hydrogen (secondary N) is 2. The molecule has 2 rings (SSSR count). The monoisotopic (exact) mass is 311 g/mol. The van der Waals surface area contributed by atoms with E-state index in [0.29, 0.717) is 28.1 Å². The van der Waals surface area contributed by atoms with Gasteiger partial charge in [0.05, 0.1) is 23.4 Å². The van der Waals surface area contributed by atoms with Crippen molar-refractivity contribution >= 4 is 23.2 Å². The highest BCUT2D eigenvalue weighted by molar-refractivity contribution is 6.33. The molecule has 6 heteroatoms. The molecule has 0 spiro atoms. The number of ether oxygens (including phenoxy) is 1. The molecule has 0 aromatic heterocycles. The Bertz CT molecular complexity index is 516. The van der Waals surface area contributed by atoms with Crippen molar-refractivity contribution in [3.63, 3.8) is 0 Å². The second kappa shape index (κ2) is 7.00. The third kappa shape index (κ3) is 3.60. The number of halogens is 1. The van der Waals surface area contributed by atoms with Crippen LogP contribution in [0.15, 0.2) is 12.1 Å². The highest BCUT2D eigenvalue weighted by Crippen LogP contribution is 2.29. The van der Waals surface area contributed by atoms with Crippen molar-refractivity contribution in [2.75, 3.05) is 19.4 Å². The molecule has 2 unspecified atom stereocenters. The summed E-state index contributed by atoms with van der Waals surface area (Å²) in [6.45, 7) is 3.08. The zero-order valence-electron chi connectivity index (χ0n) is 12.4. The average Bonchev–Trinajstić information content (AvgIpc) is 3.00.